The van der Waals surface area contributed by atoms with Gasteiger partial charge in [0, 0.05) is 12.6 Å². The molecule has 1 aliphatic heterocycles. The van der Waals surface area contributed by atoms with Crippen molar-refractivity contribution < 1.29 is 9.53 Å². The van der Waals surface area contributed by atoms with E-state index in [4.69, 9.17) is 10.5 Å². The molecule has 4 nitrogen and oxygen atoms in total. The van der Waals surface area contributed by atoms with Crippen molar-refractivity contribution in [1.29, 1.82) is 0 Å². The van der Waals surface area contributed by atoms with Crippen molar-refractivity contribution >= 4 is 18.3 Å². The number of rotatable bonds is 5. The summed E-state index contributed by atoms with van der Waals surface area (Å²) in [5.74, 6) is 0.890. The Morgan fingerprint density at radius 2 is 2.12 bits per heavy atom. The normalized spacial score (nSPS) is 29.5. The number of nitrogens with two attached hydrogens (primary N) is 1. The van der Waals surface area contributed by atoms with Crippen LogP contribution >= 0.6 is 12.4 Å². The van der Waals surface area contributed by atoms with Crippen LogP contribution in [0.1, 0.15) is 39.0 Å². The van der Waals surface area contributed by atoms with Gasteiger partial charge in [-0.3, -0.25) is 4.79 Å². The largest absolute Gasteiger partial charge is 0.364 e. The Bertz CT molecular complexity index is 259. The molecular weight excluding hydrogens is 240 g/mol. The van der Waals surface area contributed by atoms with Gasteiger partial charge in [-0.2, -0.15) is 0 Å². The molecule has 0 radical (unpaired) electrons. The van der Waals surface area contributed by atoms with Crippen LogP contribution in [0.4, 0.5) is 0 Å². The molecule has 1 saturated carbocycles. The molecule has 17 heavy (non-hydrogen) atoms. The number of carbonyl (C=O) groups is 1. The minimum Gasteiger partial charge on any atom is -0.364 e. The van der Waals surface area contributed by atoms with Crippen molar-refractivity contribution in [3.8, 4) is 0 Å². The molecule has 0 aromatic carbocycles. The minimum absolute atomic E-state index is 0. The first kappa shape index (κ1) is 14.7. The highest BCUT2D eigenvalue weighted by Crippen LogP contribution is 2.33. The van der Waals surface area contributed by atoms with E-state index in [0.29, 0.717) is 6.54 Å². The second kappa shape index (κ2) is 6.57. The summed E-state index contributed by atoms with van der Waals surface area (Å²) in [6, 6.07) is 0.278. The van der Waals surface area contributed by atoms with Crippen molar-refractivity contribution in [3.05, 3.63) is 0 Å². The Kier molecular flexibility index (Phi) is 5.70. The number of halogens is 1. The van der Waals surface area contributed by atoms with Gasteiger partial charge in [0.05, 0.1) is 6.10 Å². The van der Waals surface area contributed by atoms with Gasteiger partial charge in [-0.15, -0.1) is 12.4 Å². The molecule has 2 rings (SSSR count). The summed E-state index contributed by atoms with van der Waals surface area (Å²) >= 11 is 0. The highest BCUT2D eigenvalue weighted by atomic mass is 35.5. The Hall–Kier alpha value is -0.320. The van der Waals surface area contributed by atoms with Gasteiger partial charge in [-0.05, 0) is 32.1 Å². The second-order valence-electron chi connectivity index (χ2n) is 5.15. The van der Waals surface area contributed by atoms with Gasteiger partial charge in [-0.25, -0.2) is 0 Å². The minimum atomic E-state index is -0.268. The van der Waals surface area contributed by atoms with Crippen molar-refractivity contribution in [2.24, 2.45) is 11.7 Å². The fourth-order valence-corrected chi connectivity index (χ4v) is 2.32. The molecule has 2 fully saturated rings. The van der Waals surface area contributed by atoms with E-state index >= 15 is 0 Å². The Balaban J connectivity index is 0.00000144. The lowest BCUT2D eigenvalue weighted by Gasteiger charge is -2.17. The van der Waals surface area contributed by atoms with Crippen LogP contribution in [0.3, 0.4) is 0 Å². The van der Waals surface area contributed by atoms with Gasteiger partial charge in [-0.1, -0.05) is 12.8 Å². The van der Waals surface area contributed by atoms with Crippen molar-refractivity contribution in [1.82, 2.24) is 5.32 Å². The Morgan fingerprint density at radius 1 is 1.41 bits per heavy atom. The summed E-state index contributed by atoms with van der Waals surface area (Å²) in [4.78, 5) is 11.8. The molecule has 1 aliphatic carbocycles. The molecule has 0 spiro atoms. The van der Waals surface area contributed by atoms with E-state index in [-0.39, 0.29) is 36.6 Å². The summed E-state index contributed by atoms with van der Waals surface area (Å²) in [6.07, 6.45) is 5.30. The number of nitrogens with one attached hydrogen (secondary N) is 1. The zero-order chi connectivity index (χ0) is 11.5. The van der Waals surface area contributed by atoms with Gasteiger partial charge >= 0.3 is 0 Å². The van der Waals surface area contributed by atoms with Crippen LogP contribution in [0.5, 0.6) is 0 Å². The van der Waals surface area contributed by atoms with E-state index in [1.54, 1.807) is 0 Å². The molecule has 0 aromatic rings. The third-order valence-corrected chi connectivity index (χ3v) is 3.44. The molecular formula is C12H23ClN2O2. The fourth-order valence-electron chi connectivity index (χ4n) is 2.32. The predicted molar refractivity (Wildman–Crippen MR) is 69.1 cm³/mol. The Labute approximate surface area is 109 Å². The van der Waals surface area contributed by atoms with Crippen LogP contribution in [0.25, 0.3) is 0 Å². The lowest BCUT2D eigenvalue weighted by molar-refractivity contribution is -0.132. The van der Waals surface area contributed by atoms with E-state index < -0.39 is 0 Å². The average molecular weight is 263 g/mol. The van der Waals surface area contributed by atoms with Gasteiger partial charge in [0.15, 0.2) is 0 Å². The van der Waals surface area contributed by atoms with E-state index in [0.717, 1.165) is 25.2 Å². The zero-order valence-electron chi connectivity index (χ0n) is 10.4. The molecule has 1 unspecified atom stereocenters. The van der Waals surface area contributed by atoms with Gasteiger partial charge in [0.1, 0.15) is 6.10 Å². The lowest BCUT2D eigenvalue weighted by Crippen LogP contribution is -2.40. The summed E-state index contributed by atoms with van der Waals surface area (Å²) < 4.78 is 5.56. The van der Waals surface area contributed by atoms with Crippen molar-refractivity contribution in [3.63, 3.8) is 0 Å². The average Bonchev–Trinajstić information content (AvgIpc) is 2.93. The molecule has 1 saturated heterocycles. The summed E-state index contributed by atoms with van der Waals surface area (Å²) in [6.45, 7) is 2.59. The fraction of sp³-hybridized carbons (Fsp3) is 0.917. The lowest BCUT2D eigenvalue weighted by atomic mass is 10.1. The van der Waals surface area contributed by atoms with Crippen LogP contribution in [-0.2, 0) is 9.53 Å². The van der Waals surface area contributed by atoms with Crippen LogP contribution in [0.2, 0.25) is 0 Å². The summed E-state index contributed by atoms with van der Waals surface area (Å²) in [5, 5.41) is 3.03. The third-order valence-electron chi connectivity index (χ3n) is 3.44. The predicted octanol–water partition coefficient (Wildman–Crippen LogP) is 1.22. The number of hydrogen-bond donors (Lipinski definition) is 2. The van der Waals surface area contributed by atoms with E-state index in [1.165, 1.54) is 12.8 Å². The topological polar surface area (TPSA) is 64.4 Å². The summed E-state index contributed by atoms with van der Waals surface area (Å²) in [7, 11) is 0. The zero-order valence-corrected chi connectivity index (χ0v) is 11.2. The van der Waals surface area contributed by atoms with Crippen molar-refractivity contribution in [2.75, 3.05) is 6.54 Å². The summed E-state index contributed by atoms with van der Waals surface area (Å²) in [5.41, 5.74) is 5.51. The quantitative estimate of drug-likeness (QED) is 0.783. The second-order valence-corrected chi connectivity index (χ2v) is 5.15. The highest BCUT2D eigenvalue weighted by molar-refractivity contribution is 5.85. The van der Waals surface area contributed by atoms with E-state index in [9.17, 15) is 4.79 Å². The smallest absolute Gasteiger partial charge is 0.249 e. The van der Waals surface area contributed by atoms with Crippen LogP contribution in [0.15, 0.2) is 0 Å². The van der Waals surface area contributed by atoms with Gasteiger partial charge < -0.3 is 15.8 Å². The molecule has 1 heterocycles. The molecule has 0 aromatic heterocycles. The maximum Gasteiger partial charge on any atom is 0.249 e. The molecule has 100 valence electrons. The molecule has 5 heteroatoms. The first-order valence-electron chi connectivity index (χ1n) is 6.35. The monoisotopic (exact) mass is 262 g/mol. The molecule has 1 amide bonds. The first-order valence-corrected chi connectivity index (χ1v) is 6.35. The van der Waals surface area contributed by atoms with Gasteiger partial charge in [0.25, 0.3) is 0 Å². The van der Waals surface area contributed by atoms with Crippen molar-refractivity contribution in [2.45, 2.75) is 57.3 Å². The van der Waals surface area contributed by atoms with Crippen LogP contribution < -0.4 is 11.1 Å². The van der Waals surface area contributed by atoms with Crippen LogP contribution in [0, 0.1) is 5.92 Å². The van der Waals surface area contributed by atoms with Crippen LogP contribution in [-0.4, -0.2) is 30.7 Å². The van der Waals surface area contributed by atoms with E-state index in [2.05, 4.69) is 12.2 Å². The van der Waals surface area contributed by atoms with Gasteiger partial charge in [0.2, 0.25) is 5.91 Å². The molecule has 2 aliphatic rings. The molecule has 0 bridgehead atoms. The maximum absolute atomic E-state index is 11.8. The van der Waals surface area contributed by atoms with E-state index in [1.807, 2.05) is 0 Å². The molecule has 3 atom stereocenters. The maximum atomic E-state index is 11.8. The SMILES string of the molecule is CC(CC1CC1)NC(=O)[C@@H]1CC[C@H](CN)O1.Cl. The first-order chi connectivity index (χ1) is 7.69. The highest BCUT2D eigenvalue weighted by Gasteiger charge is 2.31. The Morgan fingerprint density at radius 3 is 2.65 bits per heavy atom. The standard InChI is InChI=1S/C12H22N2O2.ClH/c1-8(6-9-2-3-9)14-12(15)11-5-4-10(7-13)16-11;/h8-11H,2-7,13H2,1H3,(H,14,15);1H/t8?,10-,11+;/m1./s1. The number of amides is 1. The number of carbonyl (C=O) groups excluding carboxylic acids is 1. The number of ether oxygens (including phenoxy) is 1. The third kappa shape index (κ3) is 4.45. The molecule has 3 N–H and O–H groups in total. The number of hydrogen-bond acceptors (Lipinski definition) is 3.